The first-order chi connectivity index (χ1) is 12.6. The number of carbonyl (C=O) groups is 2. The SMILES string of the molecule is CCOC(=O)CN(Cc1ccccc1)C(=O)CCOc1ccc(F)cc1. The summed E-state index contributed by atoms with van der Waals surface area (Å²) in [7, 11) is 0. The molecule has 2 aromatic rings. The van der Waals surface area contributed by atoms with Crippen LogP contribution in [0.1, 0.15) is 18.9 Å². The fraction of sp³-hybridized carbons (Fsp3) is 0.300. The van der Waals surface area contributed by atoms with Gasteiger partial charge in [-0.3, -0.25) is 9.59 Å². The predicted molar refractivity (Wildman–Crippen MR) is 95.0 cm³/mol. The fourth-order valence-corrected chi connectivity index (χ4v) is 2.34. The van der Waals surface area contributed by atoms with Crippen molar-refractivity contribution >= 4 is 11.9 Å². The molecule has 0 atom stereocenters. The number of esters is 1. The maximum atomic E-state index is 12.9. The Morgan fingerprint density at radius 2 is 1.73 bits per heavy atom. The monoisotopic (exact) mass is 359 g/mol. The first kappa shape index (κ1) is 19.4. The third-order valence-electron chi connectivity index (χ3n) is 3.59. The Balaban J connectivity index is 1.92. The number of hydrogen-bond acceptors (Lipinski definition) is 4. The molecule has 0 saturated carbocycles. The standard InChI is InChI=1S/C20H22FNO4/c1-2-25-20(24)15-22(14-16-6-4-3-5-7-16)19(23)12-13-26-18-10-8-17(21)9-11-18/h3-11H,2,12-15H2,1H3. The molecule has 26 heavy (non-hydrogen) atoms. The van der Waals surface area contributed by atoms with Gasteiger partial charge in [0.25, 0.3) is 0 Å². The molecule has 0 fully saturated rings. The first-order valence-corrected chi connectivity index (χ1v) is 8.44. The molecule has 0 spiro atoms. The summed E-state index contributed by atoms with van der Waals surface area (Å²) >= 11 is 0. The highest BCUT2D eigenvalue weighted by molar-refractivity contribution is 5.82. The van der Waals surface area contributed by atoms with E-state index < -0.39 is 5.97 Å². The van der Waals surface area contributed by atoms with Crippen LogP contribution in [0.4, 0.5) is 4.39 Å². The van der Waals surface area contributed by atoms with Gasteiger partial charge in [0.1, 0.15) is 18.1 Å². The van der Waals surface area contributed by atoms with Crippen LogP contribution in [-0.2, 0) is 20.9 Å². The number of benzene rings is 2. The summed E-state index contributed by atoms with van der Waals surface area (Å²) in [6.07, 6.45) is 0.101. The van der Waals surface area contributed by atoms with E-state index >= 15 is 0 Å². The van der Waals surface area contributed by atoms with Gasteiger partial charge in [0.15, 0.2) is 0 Å². The van der Waals surface area contributed by atoms with Crippen molar-refractivity contribution in [3.05, 3.63) is 66.0 Å². The molecule has 0 aromatic heterocycles. The van der Waals surface area contributed by atoms with Gasteiger partial charge in [-0.1, -0.05) is 30.3 Å². The van der Waals surface area contributed by atoms with Crippen LogP contribution in [-0.4, -0.2) is 36.5 Å². The number of amides is 1. The molecular weight excluding hydrogens is 337 g/mol. The molecule has 0 N–H and O–H groups in total. The molecule has 1 amide bonds. The molecule has 0 saturated heterocycles. The Kier molecular flexibility index (Phi) is 7.61. The van der Waals surface area contributed by atoms with Crippen LogP contribution >= 0.6 is 0 Å². The highest BCUT2D eigenvalue weighted by atomic mass is 19.1. The van der Waals surface area contributed by atoms with Crippen molar-refractivity contribution in [3.63, 3.8) is 0 Å². The second-order valence-corrected chi connectivity index (χ2v) is 5.59. The van der Waals surface area contributed by atoms with E-state index in [2.05, 4.69) is 0 Å². The van der Waals surface area contributed by atoms with Crippen LogP contribution in [0.25, 0.3) is 0 Å². The lowest BCUT2D eigenvalue weighted by Crippen LogP contribution is -2.36. The summed E-state index contributed by atoms with van der Waals surface area (Å²) in [6, 6.07) is 15.0. The third-order valence-corrected chi connectivity index (χ3v) is 3.59. The van der Waals surface area contributed by atoms with Crippen molar-refractivity contribution in [1.82, 2.24) is 4.90 Å². The minimum atomic E-state index is -0.448. The van der Waals surface area contributed by atoms with Gasteiger partial charge < -0.3 is 14.4 Å². The third kappa shape index (κ3) is 6.55. The molecule has 138 valence electrons. The van der Waals surface area contributed by atoms with Crippen molar-refractivity contribution in [3.8, 4) is 5.75 Å². The van der Waals surface area contributed by atoms with E-state index in [9.17, 15) is 14.0 Å². The Labute approximate surface area is 152 Å². The van der Waals surface area contributed by atoms with E-state index in [1.807, 2.05) is 30.3 Å². The lowest BCUT2D eigenvalue weighted by molar-refractivity contribution is -0.149. The van der Waals surface area contributed by atoms with Crippen molar-refractivity contribution in [2.45, 2.75) is 19.9 Å². The lowest BCUT2D eigenvalue weighted by Gasteiger charge is -2.22. The topological polar surface area (TPSA) is 55.8 Å². The van der Waals surface area contributed by atoms with E-state index in [0.717, 1.165) is 5.56 Å². The van der Waals surface area contributed by atoms with Crippen molar-refractivity contribution < 1.29 is 23.5 Å². The number of halogens is 1. The van der Waals surface area contributed by atoms with Gasteiger partial charge in [-0.15, -0.1) is 0 Å². The van der Waals surface area contributed by atoms with Gasteiger partial charge in [-0.05, 0) is 36.8 Å². The number of hydrogen-bond donors (Lipinski definition) is 0. The van der Waals surface area contributed by atoms with Crippen LogP contribution in [0.2, 0.25) is 0 Å². The summed E-state index contributed by atoms with van der Waals surface area (Å²) in [5.41, 5.74) is 0.921. The smallest absolute Gasteiger partial charge is 0.325 e. The van der Waals surface area contributed by atoms with E-state index in [0.29, 0.717) is 12.3 Å². The van der Waals surface area contributed by atoms with E-state index in [1.165, 1.54) is 29.2 Å². The van der Waals surface area contributed by atoms with E-state index in [4.69, 9.17) is 9.47 Å². The predicted octanol–water partition coefficient (Wildman–Crippen LogP) is 3.19. The molecule has 5 nitrogen and oxygen atoms in total. The Bertz CT molecular complexity index is 704. The molecule has 2 rings (SSSR count). The molecule has 0 heterocycles. The number of rotatable bonds is 9. The lowest BCUT2D eigenvalue weighted by atomic mass is 10.2. The van der Waals surface area contributed by atoms with Crippen LogP contribution in [0.15, 0.2) is 54.6 Å². The quantitative estimate of drug-likeness (QED) is 0.645. The fourth-order valence-electron chi connectivity index (χ4n) is 2.34. The van der Waals surface area contributed by atoms with Gasteiger partial charge in [-0.2, -0.15) is 0 Å². The van der Waals surface area contributed by atoms with Crippen LogP contribution in [0, 0.1) is 5.82 Å². The molecule has 0 radical (unpaired) electrons. The number of carbonyl (C=O) groups excluding carboxylic acids is 2. The van der Waals surface area contributed by atoms with Gasteiger partial charge in [0.2, 0.25) is 5.91 Å². The van der Waals surface area contributed by atoms with Crippen LogP contribution in [0.5, 0.6) is 5.75 Å². The van der Waals surface area contributed by atoms with Crippen molar-refractivity contribution in [1.29, 1.82) is 0 Å². The summed E-state index contributed by atoms with van der Waals surface area (Å²) in [6.45, 7) is 2.32. The number of nitrogens with zero attached hydrogens (tertiary/aromatic N) is 1. The molecule has 0 aliphatic heterocycles. The van der Waals surface area contributed by atoms with Crippen molar-refractivity contribution in [2.75, 3.05) is 19.8 Å². The van der Waals surface area contributed by atoms with Gasteiger partial charge in [0.05, 0.1) is 19.6 Å². The summed E-state index contributed by atoms with van der Waals surface area (Å²) < 4.78 is 23.3. The zero-order chi connectivity index (χ0) is 18.8. The van der Waals surface area contributed by atoms with Crippen LogP contribution < -0.4 is 4.74 Å². The molecule has 0 unspecified atom stereocenters. The number of ether oxygens (including phenoxy) is 2. The second-order valence-electron chi connectivity index (χ2n) is 5.59. The summed E-state index contributed by atoms with van der Waals surface area (Å²) in [5.74, 6) is -0.531. The molecule has 0 aliphatic rings. The molecule has 0 bridgehead atoms. The molecule has 6 heteroatoms. The zero-order valence-corrected chi connectivity index (χ0v) is 14.7. The minimum Gasteiger partial charge on any atom is -0.493 e. The Morgan fingerprint density at radius 3 is 2.38 bits per heavy atom. The maximum absolute atomic E-state index is 12.9. The average Bonchev–Trinajstić information content (AvgIpc) is 2.64. The Hall–Kier alpha value is -2.89. The largest absolute Gasteiger partial charge is 0.493 e. The minimum absolute atomic E-state index is 0.101. The second kappa shape index (κ2) is 10.2. The first-order valence-electron chi connectivity index (χ1n) is 8.44. The molecular formula is C20H22FNO4. The maximum Gasteiger partial charge on any atom is 0.325 e. The van der Waals surface area contributed by atoms with Crippen molar-refractivity contribution in [2.24, 2.45) is 0 Å². The summed E-state index contributed by atoms with van der Waals surface area (Å²) in [5, 5.41) is 0. The summed E-state index contributed by atoms with van der Waals surface area (Å²) in [4.78, 5) is 25.7. The zero-order valence-electron chi connectivity index (χ0n) is 14.7. The normalized spacial score (nSPS) is 10.2. The highest BCUT2D eigenvalue weighted by Crippen LogP contribution is 2.12. The van der Waals surface area contributed by atoms with Gasteiger partial charge in [0, 0.05) is 6.54 Å². The van der Waals surface area contributed by atoms with Gasteiger partial charge in [-0.25, -0.2) is 4.39 Å². The highest BCUT2D eigenvalue weighted by Gasteiger charge is 2.18. The van der Waals surface area contributed by atoms with E-state index in [1.54, 1.807) is 6.92 Å². The average molecular weight is 359 g/mol. The Morgan fingerprint density at radius 1 is 1.04 bits per heavy atom. The molecule has 0 aliphatic carbocycles. The molecule has 2 aromatic carbocycles. The van der Waals surface area contributed by atoms with Gasteiger partial charge >= 0.3 is 5.97 Å². The van der Waals surface area contributed by atoms with E-state index in [-0.39, 0.29) is 37.9 Å². The van der Waals surface area contributed by atoms with Crippen LogP contribution in [0.3, 0.4) is 0 Å².